The molecule has 5 heteroatoms. The molecule has 1 aliphatic carbocycles. The minimum Gasteiger partial charge on any atom is -0.431 e. The Morgan fingerprint density at radius 2 is 1.81 bits per heavy atom. The summed E-state index contributed by atoms with van der Waals surface area (Å²) in [6.07, 6.45) is 1.70. The number of allylic oxidation sites excluding steroid dienone is 1. The Morgan fingerprint density at radius 3 is 2.48 bits per heavy atom. The summed E-state index contributed by atoms with van der Waals surface area (Å²) in [7, 11) is 0. The molecule has 2 aromatic rings. The molecule has 1 atom stereocenters. The van der Waals surface area contributed by atoms with Crippen LogP contribution in [0.3, 0.4) is 0 Å². The highest BCUT2D eigenvalue weighted by Crippen LogP contribution is 2.49. The normalized spacial score (nSPS) is 27.1. The fourth-order valence-corrected chi connectivity index (χ4v) is 4.64. The quantitative estimate of drug-likeness (QED) is 0.425. The second-order valence-electron chi connectivity index (χ2n) is 7.86. The number of alkyl halides is 2. The van der Waals surface area contributed by atoms with Crippen LogP contribution >= 0.6 is 0 Å². The van der Waals surface area contributed by atoms with E-state index >= 15 is 0 Å². The van der Waals surface area contributed by atoms with E-state index in [0.29, 0.717) is 29.7 Å². The molecule has 1 unspecified atom stereocenters. The van der Waals surface area contributed by atoms with Crippen molar-refractivity contribution in [2.45, 2.75) is 45.1 Å². The third kappa shape index (κ3) is 3.01. The Kier molecular flexibility index (Phi) is 4.44. The lowest BCUT2D eigenvalue weighted by Crippen LogP contribution is -2.44. The first kappa shape index (κ1) is 18.3. The lowest BCUT2D eigenvalue weighted by atomic mass is 9.72. The average Bonchev–Trinajstić information content (AvgIpc) is 2.65. The Balaban J connectivity index is 1.73. The Bertz CT molecular complexity index is 897. The molecule has 2 aliphatic rings. The first-order valence-electron chi connectivity index (χ1n) is 9.41. The molecule has 1 aliphatic heterocycles. The Morgan fingerprint density at radius 1 is 1.11 bits per heavy atom. The largest absolute Gasteiger partial charge is 0.431 e. The molecule has 0 radical (unpaired) electrons. The van der Waals surface area contributed by atoms with Gasteiger partial charge in [-0.3, -0.25) is 0 Å². The van der Waals surface area contributed by atoms with Crippen molar-refractivity contribution in [2.24, 2.45) is 17.8 Å². The van der Waals surface area contributed by atoms with Crippen LogP contribution in [0, 0.1) is 36.3 Å². The summed E-state index contributed by atoms with van der Waals surface area (Å²) in [5.74, 6) is -3.08. The maximum absolute atomic E-state index is 14.9. The van der Waals surface area contributed by atoms with Crippen molar-refractivity contribution in [3.8, 4) is 5.75 Å². The smallest absolute Gasteiger partial charge is 0.401 e. The van der Waals surface area contributed by atoms with Crippen molar-refractivity contribution in [1.29, 1.82) is 0 Å². The van der Waals surface area contributed by atoms with Crippen LogP contribution < -0.4 is 4.74 Å². The molecule has 0 aromatic heterocycles. The third-order valence-electron chi connectivity index (χ3n) is 6.23. The molecule has 144 valence electrons. The van der Waals surface area contributed by atoms with E-state index in [1.54, 1.807) is 12.1 Å². The molecule has 0 amide bonds. The fourth-order valence-electron chi connectivity index (χ4n) is 4.64. The zero-order chi connectivity index (χ0) is 19.3. The van der Waals surface area contributed by atoms with Gasteiger partial charge in [-0.25, -0.2) is 8.78 Å². The van der Waals surface area contributed by atoms with Crippen LogP contribution in [0.4, 0.5) is 17.6 Å². The van der Waals surface area contributed by atoms with E-state index in [2.05, 4.69) is 6.58 Å². The van der Waals surface area contributed by atoms with Gasteiger partial charge in [0.25, 0.3) is 0 Å². The van der Waals surface area contributed by atoms with Crippen molar-refractivity contribution in [2.75, 3.05) is 0 Å². The fraction of sp³-hybridized carbons (Fsp3) is 0.455. The van der Waals surface area contributed by atoms with E-state index in [9.17, 15) is 17.6 Å². The molecule has 27 heavy (non-hydrogen) atoms. The van der Waals surface area contributed by atoms with Gasteiger partial charge >= 0.3 is 6.11 Å². The number of halogens is 4. The summed E-state index contributed by atoms with van der Waals surface area (Å²) in [5.41, 5.74) is 0.658. The zero-order valence-electron chi connectivity index (χ0n) is 15.2. The van der Waals surface area contributed by atoms with Gasteiger partial charge < -0.3 is 4.74 Å². The van der Waals surface area contributed by atoms with Crippen LogP contribution in [-0.4, -0.2) is 6.11 Å². The van der Waals surface area contributed by atoms with Crippen LogP contribution in [0.25, 0.3) is 10.8 Å². The maximum atomic E-state index is 14.9. The predicted octanol–water partition coefficient (Wildman–Crippen LogP) is 6.56. The molecule has 0 spiro atoms. The highest BCUT2D eigenvalue weighted by molar-refractivity contribution is 5.91. The monoisotopic (exact) mass is 378 g/mol. The Labute approximate surface area is 156 Å². The topological polar surface area (TPSA) is 9.23 Å². The summed E-state index contributed by atoms with van der Waals surface area (Å²) >= 11 is 0. The van der Waals surface area contributed by atoms with Crippen molar-refractivity contribution < 1.29 is 22.3 Å². The molecule has 0 bridgehead atoms. The maximum Gasteiger partial charge on any atom is 0.401 e. The summed E-state index contributed by atoms with van der Waals surface area (Å²) in [4.78, 5) is 0. The zero-order valence-corrected chi connectivity index (χ0v) is 15.2. The number of benzene rings is 2. The van der Waals surface area contributed by atoms with Gasteiger partial charge in [-0.05, 0) is 73.4 Å². The van der Waals surface area contributed by atoms with Gasteiger partial charge in [-0.1, -0.05) is 18.2 Å². The third-order valence-corrected chi connectivity index (χ3v) is 6.23. The molecule has 1 nitrogen and oxygen atoms in total. The lowest BCUT2D eigenvalue weighted by Gasteiger charge is -2.40. The minimum absolute atomic E-state index is 0.108. The molecule has 0 saturated heterocycles. The van der Waals surface area contributed by atoms with Crippen molar-refractivity contribution in [3.63, 3.8) is 0 Å². The van der Waals surface area contributed by atoms with Crippen LogP contribution in [0.1, 0.15) is 36.8 Å². The average molecular weight is 378 g/mol. The molecule has 4 rings (SSSR count). The number of rotatable bonds is 2. The van der Waals surface area contributed by atoms with Crippen LogP contribution in [-0.2, 0) is 6.42 Å². The van der Waals surface area contributed by atoms with Crippen molar-refractivity contribution in [3.05, 3.63) is 53.6 Å². The standard InChI is InChI=1S/C22H22F4O/c1-3-13-4-6-14(7-5-13)17-11-16-9-8-15-10-12(2)19(23)20(24)18(15)21(16)27-22(17,25)26/h3,8-10,13-14,17H,1,4-7,11H2,2H3. The van der Waals surface area contributed by atoms with E-state index in [1.165, 1.54) is 13.0 Å². The van der Waals surface area contributed by atoms with Crippen LogP contribution in [0.5, 0.6) is 5.75 Å². The van der Waals surface area contributed by atoms with E-state index in [1.807, 2.05) is 6.08 Å². The van der Waals surface area contributed by atoms with Gasteiger partial charge in [-0.15, -0.1) is 6.58 Å². The van der Waals surface area contributed by atoms with E-state index in [-0.39, 0.29) is 29.0 Å². The second kappa shape index (κ2) is 6.54. The molecular formula is C22H22F4O. The highest BCUT2D eigenvalue weighted by atomic mass is 19.3. The number of ether oxygens (including phenoxy) is 1. The molecule has 1 saturated carbocycles. The molecule has 1 fully saturated rings. The van der Waals surface area contributed by atoms with Crippen LogP contribution in [0.15, 0.2) is 30.9 Å². The second-order valence-corrected chi connectivity index (χ2v) is 7.86. The first-order valence-corrected chi connectivity index (χ1v) is 9.41. The predicted molar refractivity (Wildman–Crippen MR) is 97.0 cm³/mol. The van der Waals surface area contributed by atoms with Gasteiger partial charge in [0, 0.05) is 0 Å². The number of fused-ring (bicyclic) bond motifs is 3. The number of hydrogen-bond donors (Lipinski definition) is 0. The lowest BCUT2D eigenvalue weighted by molar-refractivity contribution is -0.237. The first-order chi connectivity index (χ1) is 12.8. The van der Waals surface area contributed by atoms with E-state index < -0.39 is 23.7 Å². The highest BCUT2D eigenvalue weighted by Gasteiger charge is 2.50. The van der Waals surface area contributed by atoms with Gasteiger partial charge in [0.15, 0.2) is 11.6 Å². The summed E-state index contributed by atoms with van der Waals surface area (Å²) in [6.45, 7) is 5.24. The number of aryl methyl sites for hydroxylation is 1. The van der Waals surface area contributed by atoms with Crippen molar-refractivity contribution >= 4 is 10.8 Å². The minimum atomic E-state index is -3.40. The molecule has 1 heterocycles. The van der Waals surface area contributed by atoms with E-state index in [4.69, 9.17) is 4.74 Å². The van der Waals surface area contributed by atoms with Crippen LogP contribution in [0.2, 0.25) is 0 Å². The summed E-state index contributed by atoms with van der Waals surface area (Å²) in [6, 6.07) is 4.81. The van der Waals surface area contributed by atoms with Gasteiger partial charge in [0.1, 0.15) is 5.75 Å². The van der Waals surface area contributed by atoms with Gasteiger partial charge in [-0.2, -0.15) is 8.78 Å². The molecular weight excluding hydrogens is 356 g/mol. The van der Waals surface area contributed by atoms with Crippen molar-refractivity contribution in [1.82, 2.24) is 0 Å². The molecule has 0 N–H and O–H groups in total. The van der Waals surface area contributed by atoms with Gasteiger partial charge in [0.2, 0.25) is 0 Å². The number of hydrogen-bond acceptors (Lipinski definition) is 1. The van der Waals surface area contributed by atoms with Gasteiger partial charge in [0.05, 0.1) is 11.3 Å². The summed E-state index contributed by atoms with van der Waals surface area (Å²) in [5, 5.41) is 0.176. The van der Waals surface area contributed by atoms with E-state index in [0.717, 1.165) is 12.8 Å². The SMILES string of the molecule is C=CC1CCC(C2Cc3ccc4cc(C)c(F)c(F)c4c3OC2(F)F)CC1. The molecule has 2 aromatic carbocycles. The summed E-state index contributed by atoms with van der Waals surface area (Å²) < 4.78 is 63.4. The Hall–Kier alpha value is -2.04.